The lowest BCUT2D eigenvalue weighted by Gasteiger charge is -2.50. The maximum Gasteiger partial charge on any atom is 0.196 e. The van der Waals surface area contributed by atoms with E-state index in [9.17, 15) is 9.59 Å². The van der Waals surface area contributed by atoms with Crippen molar-refractivity contribution in [2.75, 3.05) is 11.9 Å². The van der Waals surface area contributed by atoms with E-state index in [0.717, 1.165) is 18.7 Å². The molecular formula is C27H23NO2. The number of hydrogen-bond acceptors (Lipinski definition) is 3. The second-order valence-corrected chi connectivity index (χ2v) is 8.78. The Morgan fingerprint density at radius 1 is 0.767 bits per heavy atom. The molecule has 0 amide bonds. The van der Waals surface area contributed by atoms with E-state index in [1.165, 1.54) is 30.4 Å². The topological polar surface area (TPSA) is 46.2 Å². The van der Waals surface area contributed by atoms with Crippen LogP contribution in [-0.2, 0) is 5.41 Å². The molecule has 1 saturated carbocycles. The zero-order valence-corrected chi connectivity index (χ0v) is 16.8. The minimum atomic E-state index is -0.102. The van der Waals surface area contributed by atoms with E-state index in [1.54, 1.807) is 12.1 Å². The summed E-state index contributed by atoms with van der Waals surface area (Å²) in [5.74, 6) is 0.396. The first-order valence-electron chi connectivity index (χ1n) is 10.9. The Labute approximate surface area is 176 Å². The molecule has 6 rings (SSSR count). The van der Waals surface area contributed by atoms with Crippen LogP contribution in [0, 0.1) is 5.92 Å². The van der Waals surface area contributed by atoms with Gasteiger partial charge in [0.1, 0.15) is 0 Å². The Hall–Kier alpha value is -3.20. The lowest BCUT2D eigenvalue weighted by Crippen LogP contribution is -2.47. The third kappa shape index (κ3) is 2.21. The monoisotopic (exact) mass is 393 g/mol. The van der Waals surface area contributed by atoms with Crippen LogP contribution in [0.2, 0.25) is 0 Å². The summed E-state index contributed by atoms with van der Waals surface area (Å²) in [4.78, 5) is 26.7. The van der Waals surface area contributed by atoms with Crippen LogP contribution in [0.3, 0.4) is 0 Å². The van der Waals surface area contributed by atoms with E-state index >= 15 is 0 Å². The highest BCUT2D eigenvalue weighted by atomic mass is 16.1. The third-order valence-corrected chi connectivity index (χ3v) is 7.46. The van der Waals surface area contributed by atoms with Gasteiger partial charge in [0, 0.05) is 28.7 Å². The van der Waals surface area contributed by atoms with Gasteiger partial charge in [0.2, 0.25) is 0 Å². The normalized spacial score (nSPS) is 24.2. The first kappa shape index (κ1) is 17.6. The quantitative estimate of drug-likeness (QED) is 0.473. The molecule has 3 aliphatic rings. The molecule has 0 unspecified atom stereocenters. The summed E-state index contributed by atoms with van der Waals surface area (Å²) in [7, 11) is 0. The van der Waals surface area contributed by atoms with Crippen molar-refractivity contribution >= 4 is 17.3 Å². The van der Waals surface area contributed by atoms with Gasteiger partial charge in [-0.05, 0) is 36.0 Å². The number of benzene rings is 3. The molecule has 2 atom stereocenters. The molecule has 0 saturated heterocycles. The second-order valence-electron chi connectivity index (χ2n) is 8.78. The average molecular weight is 393 g/mol. The Morgan fingerprint density at radius 3 is 2.30 bits per heavy atom. The lowest BCUT2D eigenvalue weighted by molar-refractivity contribution is 0.0979. The van der Waals surface area contributed by atoms with E-state index in [4.69, 9.17) is 0 Å². The van der Waals surface area contributed by atoms with E-state index in [2.05, 4.69) is 41.7 Å². The van der Waals surface area contributed by atoms with Crippen LogP contribution < -0.4 is 5.32 Å². The van der Waals surface area contributed by atoms with Crippen molar-refractivity contribution in [2.24, 2.45) is 5.92 Å². The van der Waals surface area contributed by atoms with Crippen molar-refractivity contribution in [3.63, 3.8) is 0 Å². The van der Waals surface area contributed by atoms with Gasteiger partial charge in [-0.3, -0.25) is 9.59 Å². The van der Waals surface area contributed by atoms with Gasteiger partial charge in [-0.25, -0.2) is 0 Å². The van der Waals surface area contributed by atoms with Gasteiger partial charge in [-0.2, -0.15) is 0 Å². The summed E-state index contributed by atoms with van der Waals surface area (Å²) in [6, 6.07) is 21.9. The van der Waals surface area contributed by atoms with Crippen molar-refractivity contribution in [2.45, 2.75) is 31.1 Å². The highest BCUT2D eigenvalue weighted by Crippen LogP contribution is 2.54. The van der Waals surface area contributed by atoms with Crippen LogP contribution in [0.5, 0.6) is 0 Å². The highest BCUT2D eigenvalue weighted by Gasteiger charge is 2.48. The molecule has 3 aromatic carbocycles. The van der Waals surface area contributed by atoms with Crippen molar-refractivity contribution in [3.8, 4) is 0 Å². The molecule has 2 aliphatic carbocycles. The summed E-state index contributed by atoms with van der Waals surface area (Å²) in [6.45, 7) is 0.835. The molecular weight excluding hydrogens is 370 g/mol. The first-order valence-corrected chi connectivity index (χ1v) is 10.9. The molecule has 1 aliphatic heterocycles. The number of ketones is 2. The van der Waals surface area contributed by atoms with Gasteiger partial charge in [0.05, 0.1) is 11.3 Å². The Balaban J connectivity index is 1.62. The van der Waals surface area contributed by atoms with Crippen LogP contribution >= 0.6 is 0 Å². The second kappa shape index (κ2) is 6.40. The molecule has 148 valence electrons. The number of carbonyl (C=O) groups is 2. The standard InChI is InChI=1S/C27H23NO2/c29-25-19-11-4-5-12-20(19)26(30)23-21(25)13-14-22-24(23)28-16-18-10-6-7-15-27(18,22)17-8-2-1-3-9-17/h1-5,8-9,11-14,18,28H,6-7,10,15-16H2/t18-,27+/m1/s1. The number of carbonyl (C=O) groups excluding carboxylic acids is 2. The van der Waals surface area contributed by atoms with Crippen LogP contribution in [0.25, 0.3) is 0 Å². The van der Waals surface area contributed by atoms with Gasteiger partial charge in [0.25, 0.3) is 0 Å². The number of fused-ring (bicyclic) bond motifs is 6. The zero-order chi connectivity index (χ0) is 20.3. The smallest absolute Gasteiger partial charge is 0.196 e. The number of rotatable bonds is 1. The Kier molecular flexibility index (Phi) is 3.76. The minimum Gasteiger partial charge on any atom is -0.384 e. The number of hydrogen-bond donors (Lipinski definition) is 1. The molecule has 30 heavy (non-hydrogen) atoms. The van der Waals surface area contributed by atoms with Crippen LogP contribution in [0.4, 0.5) is 5.69 Å². The molecule has 0 bridgehead atoms. The summed E-state index contributed by atoms with van der Waals surface area (Å²) < 4.78 is 0. The summed E-state index contributed by atoms with van der Waals surface area (Å²) >= 11 is 0. The van der Waals surface area contributed by atoms with Crippen LogP contribution in [0.15, 0.2) is 66.7 Å². The fourth-order valence-electron chi connectivity index (χ4n) is 6.11. The van der Waals surface area contributed by atoms with Gasteiger partial charge < -0.3 is 5.32 Å². The maximum atomic E-state index is 13.5. The van der Waals surface area contributed by atoms with Gasteiger partial charge in [-0.1, -0.05) is 73.5 Å². The molecule has 0 aromatic heterocycles. The van der Waals surface area contributed by atoms with Crippen molar-refractivity contribution in [3.05, 3.63) is 100 Å². The van der Waals surface area contributed by atoms with Crippen molar-refractivity contribution in [1.82, 2.24) is 0 Å². The predicted octanol–water partition coefficient (Wildman–Crippen LogP) is 5.36. The lowest BCUT2D eigenvalue weighted by atomic mass is 9.57. The molecule has 3 heteroatoms. The van der Waals surface area contributed by atoms with Crippen LogP contribution in [0.1, 0.15) is 68.7 Å². The fourth-order valence-corrected chi connectivity index (χ4v) is 6.11. The van der Waals surface area contributed by atoms with Gasteiger partial charge in [0.15, 0.2) is 11.6 Å². The molecule has 3 aromatic rings. The SMILES string of the molecule is O=C1c2ccccc2C(=O)c2c1ccc1c2NC[C@H]2CCCC[C@@]12c1ccccc1. The zero-order valence-electron chi connectivity index (χ0n) is 16.8. The molecule has 1 fully saturated rings. The molecule has 3 nitrogen and oxygen atoms in total. The molecule has 0 radical (unpaired) electrons. The van der Waals surface area contributed by atoms with Crippen LogP contribution in [-0.4, -0.2) is 18.1 Å². The minimum absolute atomic E-state index is 0.0398. The largest absolute Gasteiger partial charge is 0.384 e. The van der Waals surface area contributed by atoms with E-state index < -0.39 is 0 Å². The summed E-state index contributed by atoms with van der Waals surface area (Å²) in [6.07, 6.45) is 4.67. The maximum absolute atomic E-state index is 13.5. The summed E-state index contributed by atoms with van der Waals surface area (Å²) in [5, 5.41) is 3.59. The predicted molar refractivity (Wildman–Crippen MR) is 117 cm³/mol. The number of nitrogens with one attached hydrogen (secondary N) is 1. The van der Waals surface area contributed by atoms with Gasteiger partial charge in [-0.15, -0.1) is 0 Å². The van der Waals surface area contributed by atoms with E-state index in [1.807, 2.05) is 18.2 Å². The molecule has 1 N–H and O–H groups in total. The van der Waals surface area contributed by atoms with E-state index in [-0.39, 0.29) is 17.0 Å². The Bertz CT molecular complexity index is 1200. The van der Waals surface area contributed by atoms with E-state index in [0.29, 0.717) is 28.2 Å². The average Bonchev–Trinajstić information content (AvgIpc) is 2.82. The first-order chi connectivity index (χ1) is 14.7. The highest BCUT2D eigenvalue weighted by molar-refractivity contribution is 6.30. The summed E-state index contributed by atoms with van der Waals surface area (Å²) in [5.41, 5.74) is 5.41. The molecule has 0 spiro atoms. The van der Waals surface area contributed by atoms with Crippen molar-refractivity contribution < 1.29 is 9.59 Å². The fraction of sp³-hybridized carbons (Fsp3) is 0.259. The Morgan fingerprint density at radius 2 is 1.50 bits per heavy atom. The van der Waals surface area contributed by atoms with Gasteiger partial charge >= 0.3 is 0 Å². The molecule has 1 heterocycles. The third-order valence-electron chi connectivity index (χ3n) is 7.46. The number of anilines is 1. The van der Waals surface area contributed by atoms with Crippen molar-refractivity contribution in [1.29, 1.82) is 0 Å².